The molecule has 5 nitrogen and oxygen atoms in total. The van der Waals surface area contributed by atoms with Crippen LogP contribution in [0, 0.1) is 10.1 Å². The fourth-order valence-electron chi connectivity index (χ4n) is 2.35. The highest BCUT2D eigenvalue weighted by molar-refractivity contribution is 8.00. The summed E-state index contributed by atoms with van der Waals surface area (Å²) in [5, 5.41) is 20.7. The topological polar surface area (TPSA) is 66.6 Å². The number of anilines is 1. The van der Waals surface area contributed by atoms with Crippen LogP contribution < -0.4 is 4.90 Å². The van der Waals surface area contributed by atoms with E-state index in [0.29, 0.717) is 16.9 Å². The van der Waals surface area contributed by atoms with Crippen LogP contribution in [0.1, 0.15) is 19.4 Å². The van der Waals surface area contributed by atoms with Gasteiger partial charge in [0, 0.05) is 35.3 Å². The smallest absolute Gasteiger partial charge is 0.275 e. The number of hydrogen-bond donors (Lipinski definition) is 1. The SMILES string of the molecule is CC1SCCN(c2ccc([N+](=O)[O-])c(CO)c2)C1C. The summed E-state index contributed by atoms with van der Waals surface area (Å²) < 4.78 is 0. The molecule has 1 N–H and O–H groups in total. The first-order chi connectivity index (χ1) is 9.04. The first-order valence-electron chi connectivity index (χ1n) is 6.31. The van der Waals surface area contributed by atoms with Gasteiger partial charge in [-0.15, -0.1) is 0 Å². The third kappa shape index (κ3) is 2.84. The quantitative estimate of drug-likeness (QED) is 0.681. The van der Waals surface area contributed by atoms with Gasteiger partial charge in [-0.25, -0.2) is 0 Å². The molecule has 0 spiro atoms. The summed E-state index contributed by atoms with van der Waals surface area (Å²) in [6, 6.07) is 5.38. The van der Waals surface area contributed by atoms with Crippen molar-refractivity contribution in [2.45, 2.75) is 31.7 Å². The predicted octanol–water partition coefficient (Wildman–Crippen LogP) is 2.42. The van der Waals surface area contributed by atoms with E-state index in [1.165, 1.54) is 6.07 Å². The van der Waals surface area contributed by atoms with Crippen molar-refractivity contribution in [3.8, 4) is 0 Å². The second kappa shape index (κ2) is 5.79. The van der Waals surface area contributed by atoms with Gasteiger partial charge in [0.25, 0.3) is 5.69 Å². The summed E-state index contributed by atoms with van der Waals surface area (Å²) in [6.07, 6.45) is 0. The molecule has 1 aromatic rings. The maximum absolute atomic E-state index is 10.9. The zero-order valence-electron chi connectivity index (χ0n) is 11.1. The lowest BCUT2D eigenvalue weighted by molar-refractivity contribution is -0.385. The molecule has 2 rings (SSSR count). The molecule has 0 bridgehead atoms. The minimum Gasteiger partial charge on any atom is -0.391 e. The van der Waals surface area contributed by atoms with Crippen molar-refractivity contribution in [1.29, 1.82) is 0 Å². The standard InChI is InChI=1S/C13H18N2O3S/c1-9-10(2)19-6-5-14(9)12-3-4-13(15(17)18)11(7-12)8-16/h3-4,7,9-10,16H,5-6,8H2,1-2H3. The molecule has 1 aromatic carbocycles. The zero-order chi connectivity index (χ0) is 14.0. The average Bonchev–Trinajstić information content (AvgIpc) is 2.41. The first-order valence-corrected chi connectivity index (χ1v) is 7.36. The number of rotatable bonds is 3. The number of nitro benzene ring substituents is 1. The van der Waals surface area contributed by atoms with Gasteiger partial charge in [0.1, 0.15) is 0 Å². The normalized spacial score (nSPS) is 23.4. The molecule has 0 radical (unpaired) electrons. The van der Waals surface area contributed by atoms with E-state index >= 15 is 0 Å². The molecular formula is C13H18N2O3S. The summed E-state index contributed by atoms with van der Waals surface area (Å²) in [4.78, 5) is 12.7. The van der Waals surface area contributed by atoms with Crippen molar-refractivity contribution in [2.75, 3.05) is 17.2 Å². The van der Waals surface area contributed by atoms with Gasteiger partial charge in [0.15, 0.2) is 0 Å². The summed E-state index contributed by atoms with van der Waals surface area (Å²) in [5.41, 5.74) is 1.31. The summed E-state index contributed by atoms with van der Waals surface area (Å²) in [6.45, 7) is 4.98. The molecule has 2 atom stereocenters. The number of benzene rings is 1. The Morgan fingerprint density at radius 1 is 1.53 bits per heavy atom. The predicted molar refractivity (Wildman–Crippen MR) is 77.7 cm³/mol. The molecular weight excluding hydrogens is 264 g/mol. The third-order valence-electron chi connectivity index (χ3n) is 3.65. The molecule has 1 saturated heterocycles. The Morgan fingerprint density at radius 2 is 2.26 bits per heavy atom. The fraction of sp³-hybridized carbons (Fsp3) is 0.538. The van der Waals surface area contributed by atoms with Crippen LogP contribution in [0.5, 0.6) is 0 Å². The Balaban J connectivity index is 2.32. The van der Waals surface area contributed by atoms with Gasteiger partial charge in [0.05, 0.1) is 17.1 Å². The van der Waals surface area contributed by atoms with Crippen molar-refractivity contribution in [3.63, 3.8) is 0 Å². The molecule has 1 aliphatic heterocycles. The molecule has 0 saturated carbocycles. The molecule has 104 valence electrons. The van der Waals surface area contributed by atoms with Gasteiger partial charge >= 0.3 is 0 Å². The molecule has 1 aliphatic rings. The minimum atomic E-state index is -0.451. The van der Waals surface area contributed by atoms with E-state index in [0.717, 1.165) is 18.0 Å². The highest BCUT2D eigenvalue weighted by Gasteiger charge is 2.26. The Labute approximate surface area is 116 Å². The maximum Gasteiger partial charge on any atom is 0.275 e. The van der Waals surface area contributed by atoms with Crippen LogP contribution >= 0.6 is 11.8 Å². The van der Waals surface area contributed by atoms with E-state index in [4.69, 9.17) is 0 Å². The Bertz CT molecular complexity index is 481. The van der Waals surface area contributed by atoms with E-state index < -0.39 is 4.92 Å². The molecule has 6 heteroatoms. The molecule has 2 unspecified atom stereocenters. The van der Waals surface area contributed by atoms with E-state index in [1.807, 2.05) is 11.8 Å². The fourth-order valence-corrected chi connectivity index (χ4v) is 3.45. The molecule has 19 heavy (non-hydrogen) atoms. The van der Waals surface area contributed by atoms with Crippen molar-refractivity contribution in [1.82, 2.24) is 0 Å². The van der Waals surface area contributed by atoms with E-state index in [-0.39, 0.29) is 12.3 Å². The highest BCUT2D eigenvalue weighted by Crippen LogP contribution is 2.31. The summed E-state index contributed by atoms with van der Waals surface area (Å²) in [5.74, 6) is 1.05. The number of aliphatic hydroxyl groups excluding tert-OH is 1. The zero-order valence-corrected chi connectivity index (χ0v) is 11.9. The van der Waals surface area contributed by atoms with E-state index in [2.05, 4.69) is 18.7 Å². The lowest BCUT2D eigenvalue weighted by Gasteiger charge is -2.39. The number of nitro groups is 1. The van der Waals surface area contributed by atoms with Crippen LogP contribution in [0.4, 0.5) is 11.4 Å². The lowest BCUT2D eigenvalue weighted by atomic mass is 10.1. The minimum absolute atomic E-state index is 0.0154. The second-order valence-electron chi connectivity index (χ2n) is 4.74. The third-order valence-corrected chi connectivity index (χ3v) is 4.98. The molecule has 1 heterocycles. The van der Waals surface area contributed by atoms with Crippen molar-refractivity contribution < 1.29 is 10.0 Å². The molecule has 0 amide bonds. The Hall–Kier alpha value is -1.27. The summed E-state index contributed by atoms with van der Waals surface area (Å²) >= 11 is 1.94. The van der Waals surface area contributed by atoms with E-state index in [9.17, 15) is 15.2 Å². The van der Waals surface area contributed by atoms with Crippen LogP contribution in [-0.2, 0) is 6.61 Å². The number of thioether (sulfide) groups is 1. The van der Waals surface area contributed by atoms with E-state index in [1.54, 1.807) is 12.1 Å². The van der Waals surface area contributed by atoms with Crippen LogP contribution in [0.2, 0.25) is 0 Å². The van der Waals surface area contributed by atoms with Crippen molar-refractivity contribution in [3.05, 3.63) is 33.9 Å². The summed E-state index contributed by atoms with van der Waals surface area (Å²) in [7, 11) is 0. The maximum atomic E-state index is 10.9. The van der Waals surface area contributed by atoms with Gasteiger partial charge in [-0.2, -0.15) is 11.8 Å². The first kappa shape index (κ1) is 14.1. The highest BCUT2D eigenvalue weighted by atomic mass is 32.2. The monoisotopic (exact) mass is 282 g/mol. The number of hydrogen-bond acceptors (Lipinski definition) is 5. The Kier molecular flexibility index (Phi) is 4.31. The molecule has 0 aromatic heterocycles. The van der Waals surface area contributed by atoms with Crippen LogP contribution in [-0.4, -0.2) is 33.6 Å². The molecule has 1 fully saturated rings. The van der Waals surface area contributed by atoms with Gasteiger partial charge in [-0.05, 0) is 19.1 Å². The van der Waals surface area contributed by atoms with Gasteiger partial charge in [-0.1, -0.05) is 6.92 Å². The van der Waals surface area contributed by atoms with Crippen LogP contribution in [0.25, 0.3) is 0 Å². The van der Waals surface area contributed by atoms with Gasteiger partial charge < -0.3 is 10.0 Å². The van der Waals surface area contributed by atoms with Gasteiger partial charge in [-0.3, -0.25) is 10.1 Å². The Morgan fingerprint density at radius 3 is 2.89 bits per heavy atom. The molecule has 0 aliphatic carbocycles. The van der Waals surface area contributed by atoms with Gasteiger partial charge in [0.2, 0.25) is 0 Å². The largest absolute Gasteiger partial charge is 0.391 e. The lowest BCUT2D eigenvalue weighted by Crippen LogP contribution is -2.44. The van der Waals surface area contributed by atoms with Crippen LogP contribution in [0.3, 0.4) is 0 Å². The second-order valence-corrected chi connectivity index (χ2v) is 6.22. The number of nitrogens with zero attached hydrogens (tertiary/aromatic N) is 2. The van der Waals surface area contributed by atoms with Crippen molar-refractivity contribution in [2.24, 2.45) is 0 Å². The van der Waals surface area contributed by atoms with Crippen LogP contribution in [0.15, 0.2) is 18.2 Å². The van der Waals surface area contributed by atoms with Crippen molar-refractivity contribution >= 4 is 23.1 Å². The number of aliphatic hydroxyl groups is 1. The average molecular weight is 282 g/mol.